The first-order valence-corrected chi connectivity index (χ1v) is 8.79. The van der Waals surface area contributed by atoms with E-state index in [9.17, 15) is 9.59 Å². The maximum Gasteiger partial charge on any atom is 0.243 e. The maximum atomic E-state index is 12.2. The number of carbonyl (C=O) groups is 2. The number of para-hydroxylation sites is 2. The summed E-state index contributed by atoms with van der Waals surface area (Å²) in [5, 5.41) is 8.54. The molecule has 0 aliphatic heterocycles. The Morgan fingerprint density at radius 3 is 2.44 bits per heavy atom. The van der Waals surface area contributed by atoms with E-state index in [1.807, 2.05) is 31.2 Å². The van der Waals surface area contributed by atoms with Crippen molar-refractivity contribution in [1.82, 2.24) is 0 Å². The van der Waals surface area contributed by atoms with Gasteiger partial charge >= 0.3 is 0 Å². The first kappa shape index (κ1) is 20.3. The first-order chi connectivity index (χ1) is 13.1. The molecule has 0 saturated heterocycles. The molecule has 2 aromatic carbocycles. The summed E-state index contributed by atoms with van der Waals surface area (Å²) in [7, 11) is 0. The Kier molecular flexibility index (Phi) is 8.12. The van der Waals surface area contributed by atoms with Crippen molar-refractivity contribution in [2.24, 2.45) is 0 Å². The van der Waals surface area contributed by atoms with Gasteiger partial charge in [0, 0.05) is 24.9 Å². The van der Waals surface area contributed by atoms with Crippen molar-refractivity contribution < 1.29 is 19.1 Å². The van der Waals surface area contributed by atoms with Crippen LogP contribution in [0.1, 0.15) is 13.8 Å². The van der Waals surface area contributed by atoms with Crippen LogP contribution in [0.2, 0.25) is 0 Å². The van der Waals surface area contributed by atoms with E-state index in [2.05, 4.69) is 16.0 Å². The summed E-state index contributed by atoms with van der Waals surface area (Å²) in [4.78, 5) is 23.3. The van der Waals surface area contributed by atoms with E-state index in [1.165, 1.54) is 6.92 Å². The fourth-order valence-corrected chi connectivity index (χ4v) is 2.35. The third-order valence-corrected chi connectivity index (χ3v) is 3.48. The van der Waals surface area contributed by atoms with Crippen molar-refractivity contribution in [3.63, 3.8) is 0 Å². The summed E-state index contributed by atoms with van der Waals surface area (Å²) in [6.07, 6.45) is 0. The van der Waals surface area contributed by atoms with Crippen molar-refractivity contribution in [2.45, 2.75) is 13.8 Å². The van der Waals surface area contributed by atoms with E-state index in [0.717, 1.165) is 5.69 Å². The van der Waals surface area contributed by atoms with Crippen LogP contribution in [-0.4, -0.2) is 38.2 Å². The normalized spacial score (nSPS) is 10.1. The number of carbonyl (C=O) groups excluding carboxylic acids is 2. The summed E-state index contributed by atoms with van der Waals surface area (Å²) in [6, 6.07) is 14.4. The number of benzene rings is 2. The third-order valence-electron chi connectivity index (χ3n) is 3.48. The van der Waals surface area contributed by atoms with Crippen molar-refractivity contribution in [3.8, 4) is 5.75 Å². The number of ether oxygens (including phenoxy) is 2. The van der Waals surface area contributed by atoms with Gasteiger partial charge in [-0.3, -0.25) is 9.59 Å². The molecular formula is C20H25N3O4. The third kappa shape index (κ3) is 7.37. The molecule has 0 radical (unpaired) electrons. The van der Waals surface area contributed by atoms with Gasteiger partial charge in [0.25, 0.3) is 0 Å². The van der Waals surface area contributed by atoms with Gasteiger partial charge in [0.1, 0.15) is 12.4 Å². The highest BCUT2D eigenvalue weighted by molar-refractivity contribution is 5.95. The Labute approximate surface area is 159 Å². The van der Waals surface area contributed by atoms with Crippen LogP contribution in [0, 0.1) is 0 Å². The van der Waals surface area contributed by atoms with Crippen molar-refractivity contribution in [1.29, 1.82) is 0 Å². The molecule has 2 amide bonds. The lowest BCUT2D eigenvalue weighted by molar-refractivity contribution is -0.115. The molecule has 27 heavy (non-hydrogen) atoms. The SMILES string of the molecule is CCOCCOc1ccccc1NCC(=O)Nc1cccc(NC(C)=O)c1. The Bertz CT molecular complexity index is 764. The molecule has 144 valence electrons. The lowest BCUT2D eigenvalue weighted by atomic mass is 10.2. The van der Waals surface area contributed by atoms with Crippen LogP contribution >= 0.6 is 0 Å². The zero-order chi connectivity index (χ0) is 19.5. The fourth-order valence-electron chi connectivity index (χ4n) is 2.35. The van der Waals surface area contributed by atoms with Gasteiger partial charge in [-0.2, -0.15) is 0 Å². The number of hydrogen-bond acceptors (Lipinski definition) is 5. The molecule has 0 aliphatic rings. The Morgan fingerprint density at radius 2 is 1.70 bits per heavy atom. The average molecular weight is 371 g/mol. The number of rotatable bonds is 10. The molecule has 0 heterocycles. The van der Waals surface area contributed by atoms with Crippen molar-refractivity contribution in [2.75, 3.05) is 42.3 Å². The van der Waals surface area contributed by atoms with E-state index in [4.69, 9.17) is 9.47 Å². The second kappa shape index (κ2) is 10.8. The molecule has 0 spiro atoms. The molecule has 0 bridgehead atoms. The molecule has 7 heteroatoms. The second-order valence-electron chi connectivity index (χ2n) is 5.71. The van der Waals surface area contributed by atoms with E-state index < -0.39 is 0 Å². The van der Waals surface area contributed by atoms with Crippen LogP contribution in [0.4, 0.5) is 17.1 Å². The minimum absolute atomic E-state index is 0.0796. The number of anilines is 3. The minimum atomic E-state index is -0.209. The lowest BCUT2D eigenvalue weighted by Crippen LogP contribution is -2.22. The van der Waals surface area contributed by atoms with E-state index in [-0.39, 0.29) is 18.4 Å². The monoisotopic (exact) mass is 371 g/mol. The quantitative estimate of drug-likeness (QED) is 0.559. The van der Waals surface area contributed by atoms with Gasteiger partial charge in [-0.05, 0) is 37.3 Å². The molecule has 0 unspecified atom stereocenters. The highest BCUT2D eigenvalue weighted by Gasteiger charge is 2.07. The zero-order valence-corrected chi connectivity index (χ0v) is 15.6. The molecule has 0 saturated carbocycles. The zero-order valence-electron chi connectivity index (χ0n) is 15.6. The Hall–Kier alpha value is -3.06. The average Bonchev–Trinajstić information content (AvgIpc) is 2.64. The number of hydrogen-bond donors (Lipinski definition) is 3. The van der Waals surface area contributed by atoms with E-state index in [1.54, 1.807) is 24.3 Å². The molecule has 7 nitrogen and oxygen atoms in total. The van der Waals surface area contributed by atoms with Gasteiger partial charge in [-0.25, -0.2) is 0 Å². The second-order valence-corrected chi connectivity index (χ2v) is 5.71. The first-order valence-electron chi connectivity index (χ1n) is 8.79. The summed E-state index contributed by atoms with van der Waals surface area (Å²) in [5.74, 6) is 0.290. The molecule has 2 rings (SSSR count). The summed E-state index contributed by atoms with van der Waals surface area (Å²) in [6.45, 7) is 5.04. The van der Waals surface area contributed by atoms with Crippen LogP contribution < -0.4 is 20.7 Å². The molecule has 0 aliphatic carbocycles. The predicted molar refractivity (Wildman–Crippen MR) is 106 cm³/mol. The summed E-state index contributed by atoms with van der Waals surface area (Å²) < 4.78 is 10.9. The molecule has 2 aromatic rings. The van der Waals surface area contributed by atoms with Crippen LogP contribution in [0.5, 0.6) is 5.75 Å². The molecule has 3 N–H and O–H groups in total. The topological polar surface area (TPSA) is 88.7 Å². The van der Waals surface area contributed by atoms with Crippen LogP contribution in [0.3, 0.4) is 0 Å². The van der Waals surface area contributed by atoms with Crippen LogP contribution in [0.15, 0.2) is 48.5 Å². The van der Waals surface area contributed by atoms with Crippen LogP contribution in [-0.2, 0) is 14.3 Å². The Morgan fingerprint density at radius 1 is 0.963 bits per heavy atom. The van der Waals surface area contributed by atoms with Gasteiger partial charge in [0.2, 0.25) is 11.8 Å². The Balaban J connectivity index is 1.87. The van der Waals surface area contributed by atoms with Gasteiger partial charge < -0.3 is 25.4 Å². The van der Waals surface area contributed by atoms with E-state index in [0.29, 0.717) is 36.9 Å². The molecule has 0 aromatic heterocycles. The van der Waals surface area contributed by atoms with Gasteiger partial charge in [-0.1, -0.05) is 18.2 Å². The van der Waals surface area contributed by atoms with Gasteiger partial charge in [0.05, 0.1) is 18.8 Å². The van der Waals surface area contributed by atoms with Crippen LogP contribution in [0.25, 0.3) is 0 Å². The summed E-state index contributed by atoms with van der Waals surface area (Å²) in [5.41, 5.74) is 1.96. The largest absolute Gasteiger partial charge is 0.489 e. The van der Waals surface area contributed by atoms with Gasteiger partial charge in [-0.15, -0.1) is 0 Å². The molecule has 0 atom stereocenters. The lowest BCUT2D eigenvalue weighted by Gasteiger charge is -2.13. The minimum Gasteiger partial charge on any atom is -0.489 e. The van der Waals surface area contributed by atoms with Crippen molar-refractivity contribution in [3.05, 3.63) is 48.5 Å². The highest BCUT2D eigenvalue weighted by Crippen LogP contribution is 2.23. The molecule has 0 fully saturated rings. The standard InChI is InChI=1S/C20H25N3O4/c1-3-26-11-12-27-19-10-5-4-9-18(19)21-14-20(25)23-17-8-6-7-16(13-17)22-15(2)24/h4-10,13,21H,3,11-12,14H2,1-2H3,(H,22,24)(H,23,25). The molecular weight excluding hydrogens is 346 g/mol. The predicted octanol–water partition coefficient (Wildman–Crippen LogP) is 3.11. The van der Waals surface area contributed by atoms with Gasteiger partial charge in [0.15, 0.2) is 0 Å². The smallest absolute Gasteiger partial charge is 0.243 e. The number of amides is 2. The fraction of sp³-hybridized carbons (Fsp3) is 0.300. The van der Waals surface area contributed by atoms with E-state index >= 15 is 0 Å². The maximum absolute atomic E-state index is 12.2. The number of nitrogens with one attached hydrogen (secondary N) is 3. The van der Waals surface area contributed by atoms with Crippen molar-refractivity contribution >= 4 is 28.9 Å². The highest BCUT2D eigenvalue weighted by atomic mass is 16.5. The summed E-state index contributed by atoms with van der Waals surface area (Å²) >= 11 is 0.